The molecule has 0 spiro atoms. The summed E-state index contributed by atoms with van der Waals surface area (Å²) in [5, 5.41) is 11.4. The standard InChI is InChI=1S/C21H20N4O5/c1-29-20-16(12-23-21(25-20)30-2)6-4-3-5-14-7-9-15(10-8-14)19(28)24-17(11-22)18(27)13-26/h7-10,12,17,26H,11,13,22H2,1-2H3,(H,24,28)/t17-/m0/s1. The number of nitrogens with one attached hydrogen (secondary N) is 1. The van der Waals surface area contributed by atoms with Crippen LogP contribution in [0.4, 0.5) is 0 Å². The fourth-order valence-electron chi connectivity index (χ4n) is 2.22. The molecule has 0 unspecified atom stereocenters. The lowest BCUT2D eigenvalue weighted by Gasteiger charge is -2.14. The first-order chi connectivity index (χ1) is 14.5. The van der Waals surface area contributed by atoms with Crippen molar-refractivity contribution in [2.45, 2.75) is 6.04 Å². The molecule has 0 saturated carbocycles. The van der Waals surface area contributed by atoms with Crippen molar-refractivity contribution in [3.8, 4) is 35.6 Å². The average molecular weight is 408 g/mol. The number of hydrogen-bond donors (Lipinski definition) is 3. The van der Waals surface area contributed by atoms with Crippen molar-refractivity contribution in [2.75, 3.05) is 27.4 Å². The summed E-state index contributed by atoms with van der Waals surface area (Å²) < 4.78 is 10.1. The third-order valence-corrected chi connectivity index (χ3v) is 3.81. The van der Waals surface area contributed by atoms with Crippen LogP contribution in [0.1, 0.15) is 21.5 Å². The lowest BCUT2D eigenvalue weighted by atomic mass is 10.1. The second-order valence-electron chi connectivity index (χ2n) is 5.74. The van der Waals surface area contributed by atoms with Gasteiger partial charge in [-0.1, -0.05) is 5.92 Å². The van der Waals surface area contributed by atoms with E-state index in [0.717, 1.165) is 0 Å². The number of rotatable bonds is 7. The van der Waals surface area contributed by atoms with Crippen LogP contribution >= 0.6 is 0 Å². The lowest BCUT2D eigenvalue weighted by Crippen LogP contribution is -2.46. The molecule has 9 heteroatoms. The SMILES string of the molecule is COc1ncc(C#CC#Cc2ccc(C(=O)N[C@@H](CN)C(=O)CO)cc2)c(OC)n1. The first-order valence-electron chi connectivity index (χ1n) is 8.74. The maximum atomic E-state index is 12.2. The largest absolute Gasteiger partial charge is 0.480 e. The number of Topliss-reactive ketones (excluding diaryl/α,β-unsaturated/α-hetero) is 1. The van der Waals surface area contributed by atoms with E-state index in [0.29, 0.717) is 16.7 Å². The summed E-state index contributed by atoms with van der Waals surface area (Å²) in [6.45, 7) is -0.788. The molecule has 0 aliphatic carbocycles. The molecular formula is C21H20N4O5. The van der Waals surface area contributed by atoms with E-state index in [2.05, 4.69) is 39.0 Å². The molecule has 154 valence electrons. The van der Waals surface area contributed by atoms with E-state index in [1.165, 1.54) is 20.4 Å². The summed E-state index contributed by atoms with van der Waals surface area (Å²) in [5.41, 5.74) is 6.88. The van der Waals surface area contributed by atoms with Gasteiger partial charge in [-0.2, -0.15) is 4.98 Å². The quantitative estimate of drug-likeness (QED) is 0.523. The van der Waals surface area contributed by atoms with Crippen LogP contribution in [0.15, 0.2) is 30.5 Å². The van der Waals surface area contributed by atoms with Gasteiger partial charge in [-0.25, -0.2) is 4.98 Å². The van der Waals surface area contributed by atoms with Crippen LogP contribution in [0.25, 0.3) is 0 Å². The number of nitrogens with zero attached hydrogens (tertiary/aromatic N) is 2. The number of aromatic nitrogens is 2. The number of carbonyl (C=O) groups excluding carboxylic acids is 2. The first-order valence-corrected chi connectivity index (χ1v) is 8.74. The molecule has 1 heterocycles. The van der Waals surface area contributed by atoms with Crippen molar-refractivity contribution in [1.29, 1.82) is 0 Å². The van der Waals surface area contributed by atoms with Crippen LogP contribution in [0.2, 0.25) is 0 Å². The highest BCUT2D eigenvalue weighted by Crippen LogP contribution is 2.15. The molecule has 2 rings (SSSR count). The Labute approximate surface area is 173 Å². The molecule has 9 nitrogen and oxygen atoms in total. The zero-order valence-electron chi connectivity index (χ0n) is 16.4. The minimum Gasteiger partial charge on any atom is -0.480 e. The molecule has 0 saturated heterocycles. The smallest absolute Gasteiger partial charge is 0.319 e. The number of nitrogens with two attached hydrogens (primary N) is 1. The third kappa shape index (κ3) is 6.04. The lowest BCUT2D eigenvalue weighted by molar-refractivity contribution is -0.123. The molecule has 0 radical (unpaired) electrons. The second-order valence-corrected chi connectivity index (χ2v) is 5.74. The monoisotopic (exact) mass is 408 g/mol. The number of ether oxygens (including phenoxy) is 2. The Hall–Kier alpha value is -3.92. The van der Waals surface area contributed by atoms with Gasteiger partial charge < -0.3 is 25.6 Å². The molecule has 0 fully saturated rings. The Bertz CT molecular complexity index is 1030. The van der Waals surface area contributed by atoms with Crippen LogP contribution in [0.5, 0.6) is 11.9 Å². The molecule has 1 atom stereocenters. The highest BCUT2D eigenvalue weighted by Gasteiger charge is 2.18. The molecule has 2 aromatic rings. The Morgan fingerprint density at radius 3 is 2.47 bits per heavy atom. The molecular weight excluding hydrogens is 388 g/mol. The number of aliphatic hydroxyl groups is 1. The second kappa shape index (κ2) is 11.2. The van der Waals surface area contributed by atoms with Crippen molar-refractivity contribution in [1.82, 2.24) is 15.3 Å². The summed E-state index contributed by atoms with van der Waals surface area (Å²) >= 11 is 0. The number of amides is 1. The van der Waals surface area contributed by atoms with Crippen LogP contribution in [-0.4, -0.2) is 60.2 Å². The van der Waals surface area contributed by atoms with Gasteiger partial charge in [0.2, 0.25) is 5.88 Å². The molecule has 1 aromatic carbocycles. The molecule has 1 amide bonds. The van der Waals surface area contributed by atoms with Gasteiger partial charge in [0.05, 0.1) is 20.4 Å². The zero-order chi connectivity index (χ0) is 21.9. The summed E-state index contributed by atoms with van der Waals surface area (Å²) in [7, 11) is 2.91. The van der Waals surface area contributed by atoms with Crippen LogP contribution < -0.4 is 20.5 Å². The first kappa shape index (κ1) is 22.4. The minimum atomic E-state index is -0.934. The number of hydrogen-bond acceptors (Lipinski definition) is 8. The van der Waals surface area contributed by atoms with Crippen molar-refractivity contribution < 1.29 is 24.2 Å². The Morgan fingerprint density at radius 1 is 1.17 bits per heavy atom. The maximum Gasteiger partial charge on any atom is 0.319 e. The Morgan fingerprint density at radius 2 is 1.87 bits per heavy atom. The Kier molecular flexibility index (Phi) is 8.33. The van der Waals surface area contributed by atoms with Gasteiger partial charge in [-0.15, -0.1) is 0 Å². The number of aliphatic hydroxyl groups excluding tert-OH is 1. The van der Waals surface area contributed by atoms with Gasteiger partial charge in [0, 0.05) is 17.7 Å². The number of carbonyl (C=O) groups is 2. The van der Waals surface area contributed by atoms with Crippen LogP contribution in [-0.2, 0) is 4.79 Å². The van der Waals surface area contributed by atoms with Crippen LogP contribution in [0.3, 0.4) is 0 Å². The van der Waals surface area contributed by atoms with Crippen molar-refractivity contribution in [3.63, 3.8) is 0 Å². The zero-order valence-corrected chi connectivity index (χ0v) is 16.4. The van der Waals surface area contributed by atoms with E-state index >= 15 is 0 Å². The van der Waals surface area contributed by atoms with E-state index in [4.69, 9.17) is 20.3 Å². The predicted octanol–water partition coefficient (Wildman–Crippen LogP) is -0.484. The van der Waals surface area contributed by atoms with Gasteiger partial charge in [0.25, 0.3) is 5.91 Å². The molecule has 0 aliphatic heterocycles. The summed E-state index contributed by atoms with van der Waals surface area (Å²) in [6, 6.07) is 5.65. The molecule has 0 aliphatic rings. The third-order valence-electron chi connectivity index (χ3n) is 3.81. The summed E-state index contributed by atoms with van der Waals surface area (Å²) in [4.78, 5) is 31.7. The molecule has 4 N–H and O–H groups in total. The summed E-state index contributed by atoms with van der Waals surface area (Å²) in [5.74, 6) is 10.3. The van der Waals surface area contributed by atoms with E-state index in [-0.39, 0.29) is 18.4 Å². The highest BCUT2D eigenvalue weighted by atomic mass is 16.5. The maximum absolute atomic E-state index is 12.2. The van der Waals surface area contributed by atoms with Crippen LogP contribution in [0, 0.1) is 23.7 Å². The summed E-state index contributed by atoms with van der Waals surface area (Å²) in [6.07, 6.45) is 1.48. The van der Waals surface area contributed by atoms with Crippen molar-refractivity contribution in [3.05, 3.63) is 47.2 Å². The van der Waals surface area contributed by atoms with Crippen molar-refractivity contribution >= 4 is 11.7 Å². The number of ketones is 1. The number of benzene rings is 1. The number of methoxy groups -OCH3 is 2. The highest BCUT2D eigenvalue weighted by molar-refractivity contribution is 5.98. The van der Waals surface area contributed by atoms with E-state index < -0.39 is 24.3 Å². The van der Waals surface area contributed by atoms with Gasteiger partial charge in [-0.05, 0) is 42.0 Å². The van der Waals surface area contributed by atoms with E-state index in [9.17, 15) is 9.59 Å². The van der Waals surface area contributed by atoms with E-state index in [1.54, 1.807) is 24.3 Å². The topological polar surface area (TPSA) is 137 Å². The Balaban J connectivity index is 2.06. The fourth-order valence-corrected chi connectivity index (χ4v) is 2.22. The molecule has 30 heavy (non-hydrogen) atoms. The average Bonchev–Trinajstić information content (AvgIpc) is 2.79. The fraction of sp³-hybridized carbons (Fsp3) is 0.238. The predicted molar refractivity (Wildman–Crippen MR) is 108 cm³/mol. The minimum absolute atomic E-state index is 0.0998. The van der Waals surface area contributed by atoms with Crippen molar-refractivity contribution in [2.24, 2.45) is 5.73 Å². The van der Waals surface area contributed by atoms with Gasteiger partial charge in [0.15, 0.2) is 5.78 Å². The van der Waals surface area contributed by atoms with Gasteiger partial charge in [-0.3, -0.25) is 9.59 Å². The molecule has 0 bridgehead atoms. The van der Waals surface area contributed by atoms with E-state index in [1.807, 2.05) is 0 Å². The molecule has 1 aromatic heterocycles. The van der Waals surface area contributed by atoms with Gasteiger partial charge >= 0.3 is 6.01 Å². The normalized spacial score (nSPS) is 10.5. The van der Waals surface area contributed by atoms with Gasteiger partial charge in [0.1, 0.15) is 18.2 Å².